The van der Waals surface area contributed by atoms with Gasteiger partial charge >= 0.3 is 0 Å². The molecule has 3 N–H and O–H groups in total. The summed E-state index contributed by atoms with van der Waals surface area (Å²) in [5, 5.41) is 12.2. The third-order valence-corrected chi connectivity index (χ3v) is 5.58. The topological polar surface area (TPSA) is 124 Å². The quantitative estimate of drug-likeness (QED) is 0.493. The second kappa shape index (κ2) is 7.45. The van der Waals surface area contributed by atoms with Crippen LogP contribution >= 0.6 is 0 Å². The second-order valence-corrected chi connectivity index (χ2v) is 7.68. The SMILES string of the molecule is Cc1cc(CC(C2CCCN2)N(C)c2cc(N)n3nc(-c4ccco4)nc3n2)no1. The van der Waals surface area contributed by atoms with Gasteiger partial charge in [-0.1, -0.05) is 5.16 Å². The van der Waals surface area contributed by atoms with Crippen molar-refractivity contribution in [2.45, 2.75) is 38.3 Å². The van der Waals surface area contributed by atoms with Crippen LogP contribution in [0.3, 0.4) is 0 Å². The predicted octanol–water partition coefficient (Wildman–Crippen LogP) is 2.06. The van der Waals surface area contributed by atoms with Crippen LogP contribution < -0.4 is 16.0 Å². The summed E-state index contributed by atoms with van der Waals surface area (Å²) in [5.74, 6) is 3.46. The number of hydrogen-bond acceptors (Lipinski definition) is 9. The maximum absolute atomic E-state index is 6.29. The number of rotatable bonds is 6. The molecule has 4 aromatic rings. The number of anilines is 2. The number of hydrogen-bond donors (Lipinski definition) is 2. The molecule has 10 heteroatoms. The van der Waals surface area contributed by atoms with Gasteiger partial charge in [-0.05, 0) is 38.4 Å². The van der Waals surface area contributed by atoms with Gasteiger partial charge in [0.15, 0.2) is 5.76 Å². The highest BCUT2D eigenvalue weighted by Gasteiger charge is 2.30. The highest BCUT2D eigenvalue weighted by Crippen LogP contribution is 2.25. The number of aromatic nitrogens is 5. The molecule has 1 aliphatic rings. The molecule has 10 nitrogen and oxygen atoms in total. The zero-order valence-electron chi connectivity index (χ0n) is 16.9. The van der Waals surface area contributed by atoms with Crippen LogP contribution in [0.1, 0.15) is 24.3 Å². The van der Waals surface area contributed by atoms with Gasteiger partial charge in [-0.2, -0.15) is 14.5 Å². The average Bonchev–Trinajstić information content (AvgIpc) is 3.52. The minimum atomic E-state index is 0.138. The lowest BCUT2D eigenvalue weighted by atomic mass is 9.99. The maximum atomic E-state index is 6.29. The van der Waals surface area contributed by atoms with Gasteiger partial charge in [0.1, 0.15) is 17.4 Å². The van der Waals surface area contributed by atoms with Gasteiger partial charge in [0.05, 0.1) is 18.0 Å². The molecule has 1 saturated heterocycles. The fourth-order valence-corrected chi connectivity index (χ4v) is 4.06. The van der Waals surface area contributed by atoms with E-state index in [0.717, 1.165) is 43.1 Å². The number of aryl methyl sites for hydroxylation is 1. The number of nitrogen functional groups attached to an aromatic ring is 1. The Morgan fingerprint density at radius 3 is 2.97 bits per heavy atom. The molecule has 2 atom stereocenters. The Labute approximate surface area is 173 Å². The molecule has 0 radical (unpaired) electrons. The van der Waals surface area contributed by atoms with E-state index in [1.54, 1.807) is 18.4 Å². The molecular weight excluding hydrogens is 384 g/mol. The molecule has 1 fully saturated rings. The maximum Gasteiger partial charge on any atom is 0.256 e. The molecule has 0 amide bonds. The molecule has 2 unspecified atom stereocenters. The Bertz CT molecular complexity index is 1140. The van der Waals surface area contributed by atoms with E-state index < -0.39 is 0 Å². The van der Waals surface area contributed by atoms with Gasteiger partial charge < -0.3 is 24.9 Å². The van der Waals surface area contributed by atoms with Crippen molar-refractivity contribution in [3.8, 4) is 11.6 Å². The molecule has 1 aliphatic heterocycles. The lowest BCUT2D eigenvalue weighted by Crippen LogP contribution is -2.48. The predicted molar refractivity (Wildman–Crippen MR) is 111 cm³/mol. The smallest absolute Gasteiger partial charge is 0.256 e. The van der Waals surface area contributed by atoms with Crippen LogP contribution in [0.15, 0.2) is 39.5 Å². The zero-order chi connectivity index (χ0) is 20.7. The summed E-state index contributed by atoms with van der Waals surface area (Å²) >= 11 is 0. The third-order valence-electron chi connectivity index (χ3n) is 5.58. The van der Waals surface area contributed by atoms with Crippen molar-refractivity contribution in [2.24, 2.45) is 0 Å². The van der Waals surface area contributed by atoms with Gasteiger partial charge in [0.25, 0.3) is 5.78 Å². The van der Waals surface area contributed by atoms with Crippen molar-refractivity contribution in [1.82, 2.24) is 30.1 Å². The minimum Gasteiger partial charge on any atom is -0.461 e. The van der Waals surface area contributed by atoms with Crippen LogP contribution in [-0.4, -0.2) is 50.4 Å². The van der Waals surface area contributed by atoms with E-state index in [4.69, 9.17) is 19.7 Å². The summed E-state index contributed by atoms with van der Waals surface area (Å²) in [6.45, 7) is 2.92. The van der Waals surface area contributed by atoms with E-state index in [-0.39, 0.29) is 6.04 Å². The van der Waals surface area contributed by atoms with Crippen LogP contribution in [0, 0.1) is 6.92 Å². The van der Waals surface area contributed by atoms with Crippen molar-refractivity contribution in [3.05, 3.63) is 42.0 Å². The number of likely N-dealkylation sites (N-methyl/N-ethyl adjacent to an activating group) is 1. The molecule has 0 aromatic carbocycles. The first-order valence-corrected chi connectivity index (χ1v) is 10.0. The van der Waals surface area contributed by atoms with E-state index in [1.165, 1.54) is 4.52 Å². The van der Waals surface area contributed by atoms with Gasteiger partial charge in [-0.15, -0.1) is 5.10 Å². The van der Waals surface area contributed by atoms with Crippen molar-refractivity contribution in [1.29, 1.82) is 0 Å². The highest BCUT2D eigenvalue weighted by molar-refractivity contribution is 5.57. The summed E-state index contributed by atoms with van der Waals surface area (Å²) in [6.07, 6.45) is 4.57. The largest absolute Gasteiger partial charge is 0.461 e. The molecular formula is C20H24N8O2. The standard InChI is InChI=1S/C20H24N8O2/c1-12-9-13(26-30-12)10-15(14-5-3-7-22-14)27(2)18-11-17(21)28-20(23-18)24-19(25-28)16-6-4-8-29-16/h4,6,8-9,11,14-15,22H,3,5,7,10,21H2,1-2H3. The monoisotopic (exact) mass is 408 g/mol. The molecule has 0 aliphatic carbocycles. The molecule has 0 bridgehead atoms. The first kappa shape index (κ1) is 18.6. The fourth-order valence-electron chi connectivity index (χ4n) is 4.06. The summed E-state index contributed by atoms with van der Waals surface area (Å²) in [6, 6.07) is 7.86. The number of furan rings is 1. The van der Waals surface area contributed by atoms with Gasteiger partial charge in [0, 0.05) is 31.6 Å². The van der Waals surface area contributed by atoms with Crippen LogP contribution in [-0.2, 0) is 6.42 Å². The van der Waals surface area contributed by atoms with Crippen molar-refractivity contribution >= 4 is 17.4 Å². The van der Waals surface area contributed by atoms with Crippen LogP contribution in [0.5, 0.6) is 0 Å². The van der Waals surface area contributed by atoms with E-state index in [1.807, 2.05) is 26.1 Å². The normalized spacial score (nSPS) is 17.6. The van der Waals surface area contributed by atoms with Crippen LogP contribution in [0.4, 0.5) is 11.6 Å². The summed E-state index contributed by atoms with van der Waals surface area (Å²) in [7, 11) is 2.03. The summed E-state index contributed by atoms with van der Waals surface area (Å²) < 4.78 is 12.2. The van der Waals surface area contributed by atoms with E-state index in [9.17, 15) is 0 Å². The Balaban J connectivity index is 1.49. The highest BCUT2D eigenvalue weighted by atomic mass is 16.5. The molecule has 0 saturated carbocycles. The van der Waals surface area contributed by atoms with Gasteiger partial charge in [0.2, 0.25) is 5.82 Å². The number of nitrogens with one attached hydrogen (secondary N) is 1. The van der Waals surface area contributed by atoms with Crippen molar-refractivity contribution in [2.75, 3.05) is 24.2 Å². The van der Waals surface area contributed by atoms with Gasteiger partial charge in [-0.25, -0.2) is 0 Å². The average molecular weight is 408 g/mol. The number of nitrogens with zero attached hydrogens (tertiary/aromatic N) is 6. The molecule has 156 valence electrons. The molecule has 0 spiro atoms. The van der Waals surface area contributed by atoms with E-state index in [0.29, 0.717) is 29.2 Å². The molecule has 5 rings (SSSR count). The number of fused-ring (bicyclic) bond motifs is 1. The summed E-state index contributed by atoms with van der Waals surface area (Å²) in [5.41, 5.74) is 7.22. The first-order chi connectivity index (χ1) is 14.6. The lowest BCUT2D eigenvalue weighted by molar-refractivity contribution is 0.382. The molecule has 30 heavy (non-hydrogen) atoms. The Morgan fingerprint density at radius 2 is 2.27 bits per heavy atom. The third kappa shape index (κ3) is 3.39. The molecule has 5 heterocycles. The fraction of sp³-hybridized carbons (Fsp3) is 0.400. The van der Waals surface area contributed by atoms with E-state index >= 15 is 0 Å². The summed E-state index contributed by atoms with van der Waals surface area (Å²) in [4.78, 5) is 11.4. The zero-order valence-corrected chi connectivity index (χ0v) is 16.9. The second-order valence-electron chi connectivity index (χ2n) is 7.68. The van der Waals surface area contributed by atoms with E-state index in [2.05, 4.69) is 25.5 Å². The van der Waals surface area contributed by atoms with Crippen molar-refractivity contribution < 1.29 is 8.94 Å². The Morgan fingerprint density at radius 1 is 1.37 bits per heavy atom. The Kier molecular flexibility index (Phi) is 4.62. The number of nitrogens with two attached hydrogens (primary N) is 1. The van der Waals surface area contributed by atoms with Crippen LogP contribution in [0.25, 0.3) is 17.4 Å². The lowest BCUT2D eigenvalue weighted by Gasteiger charge is -2.33. The minimum absolute atomic E-state index is 0.138. The first-order valence-electron chi connectivity index (χ1n) is 10.0. The molecule has 4 aromatic heterocycles. The van der Waals surface area contributed by atoms with Crippen molar-refractivity contribution in [3.63, 3.8) is 0 Å². The Hall–Kier alpha value is -3.40. The van der Waals surface area contributed by atoms with Gasteiger partial charge in [-0.3, -0.25) is 0 Å². The van der Waals surface area contributed by atoms with Crippen LogP contribution in [0.2, 0.25) is 0 Å².